The summed E-state index contributed by atoms with van der Waals surface area (Å²) in [6, 6.07) is 7.24. The van der Waals surface area contributed by atoms with Crippen LogP contribution in [0.5, 0.6) is 0 Å². The highest BCUT2D eigenvalue weighted by Crippen LogP contribution is 2.22. The minimum atomic E-state index is -0.931. The molecule has 1 unspecified atom stereocenters. The monoisotopic (exact) mass is 317 g/mol. The van der Waals surface area contributed by atoms with Crippen LogP contribution in [0.15, 0.2) is 42.7 Å². The second kappa shape index (κ2) is 6.83. The van der Waals surface area contributed by atoms with Crippen molar-refractivity contribution in [2.75, 3.05) is 19.6 Å². The smallest absolute Gasteiger partial charge is 0.227 e. The number of rotatable bonds is 3. The van der Waals surface area contributed by atoms with Gasteiger partial charge in [-0.3, -0.25) is 9.78 Å². The quantitative estimate of drug-likeness (QED) is 0.943. The van der Waals surface area contributed by atoms with Crippen molar-refractivity contribution in [2.24, 2.45) is 0 Å². The van der Waals surface area contributed by atoms with Crippen LogP contribution in [0, 0.1) is 11.6 Å². The summed E-state index contributed by atoms with van der Waals surface area (Å²) in [5, 5.41) is 3.27. The van der Waals surface area contributed by atoms with Crippen LogP contribution in [0.4, 0.5) is 8.78 Å². The molecule has 2 heterocycles. The number of amides is 1. The van der Waals surface area contributed by atoms with Crippen molar-refractivity contribution >= 4 is 5.91 Å². The molecule has 1 aliphatic rings. The standard InChI is InChI=1S/C17H17F2N3O/c18-14-4-3-12(8-15(14)19)9-17(23)22-7-6-21-11-16(22)13-2-1-5-20-10-13/h1-5,8,10,16,21H,6-7,9,11H2. The molecule has 1 aromatic heterocycles. The first-order valence-corrected chi connectivity index (χ1v) is 7.49. The summed E-state index contributed by atoms with van der Waals surface area (Å²) in [6.07, 6.45) is 3.48. The molecule has 2 aromatic rings. The average Bonchev–Trinajstić information content (AvgIpc) is 2.59. The minimum Gasteiger partial charge on any atom is -0.333 e. The van der Waals surface area contributed by atoms with Gasteiger partial charge in [0.25, 0.3) is 0 Å². The fraction of sp³-hybridized carbons (Fsp3) is 0.294. The molecule has 3 rings (SSSR count). The van der Waals surface area contributed by atoms with E-state index >= 15 is 0 Å². The Balaban J connectivity index is 1.77. The normalized spacial score (nSPS) is 18.0. The lowest BCUT2D eigenvalue weighted by Gasteiger charge is -2.36. The summed E-state index contributed by atoms with van der Waals surface area (Å²) in [6.45, 7) is 1.93. The highest BCUT2D eigenvalue weighted by molar-refractivity contribution is 5.79. The van der Waals surface area contributed by atoms with Crippen molar-refractivity contribution in [3.05, 3.63) is 65.5 Å². The third-order valence-electron chi connectivity index (χ3n) is 3.97. The molecule has 6 heteroatoms. The van der Waals surface area contributed by atoms with Crippen LogP contribution in [-0.2, 0) is 11.2 Å². The Bertz CT molecular complexity index is 693. The van der Waals surface area contributed by atoms with E-state index in [1.807, 2.05) is 12.1 Å². The summed E-state index contributed by atoms with van der Waals surface area (Å²) in [5.74, 6) is -1.94. The molecular weight excluding hydrogens is 300 g/mol. The van der Waals surface area contributed by atoms with Gasteiger partial charge in [-0.1, -0.05) is 12.1 Å². The van der Waals surface area contributed by atoms with E-state index in [1.54, 1.807) is 17.3 Å². The first-order valence-electron chi connectivity index (χ1n) is 7.49. The Morgan fingerprint density at radius 3 is 2.91 bits per heavy atom. The molecule has 23 heavy (non-hydrogen) atoms. The molecule has 120 valence electrons. The Labute approximate surface area is 133 Å². The van der Waals surface area contributed by atoms with Crippen LogP contribution >= 0.6 is 0 Å². The topological polar surface area (TPSA) is 45.2 Å². The van der Waals surface area contributed by atoms with Crippen molar-refractivity contribution in [1.82, 2.24) is 15.2 Å². The highest BCUT2D eigenvalue weighted by Gasteiger charge is 2.27. The van der Waals surface area contributed by atoms with Gasteiger partial charge >= 0.3 is 0 Å². The largest absolute Gasteiger partial charge is 0.333 e. The van der Waals surface area contributed by atoms with Gasteiger partial charge < -0.3 is 10.2 Å². The first-order chi connectivity index (χ1) is 11.1. The molecule has 1 atom stereocenters. The van der Waals surface area contributed by atoms with Gasteiger partial charge in [-0.25, -0.2) is 8.78 Å². The molecule has 0 radical (unpaired) electrons. The molecule has 1 amide bonds. The summed E-state index contributed by atoms with van der Waals surface area (Å²) in [5.41, 5.74) is 1.43. The molecule has 0 bridgehead atoms. The first kappa shape index (κ1) is 15.6. The Hall–Kier alpha value is -2.34. The number of halogens is 2. The van der Waals surface area contributed by atoms with E-state index in [9.17, 15) is 13.6 Å². The van der Waals surface area contributed by atoms with Crippen molar-refractivity contribution in [3.8, 4) is 0 Å². The lowest BCUT2D eigenvalue weighted by Crippen LogP contribution is -2.49. The van der Waals surface area contributed by atoms with E-state index in [2.05, 4.69) is 10.3 Å². The lowest BCUT2D eigenvalue weighted by molar-refractivity contribution is -0.133. The van der Waals surface area contributed by atoms with Gasteiger partial charge in [0, 0.05) is 32.0 Å². The summed E-state index contributed by atoms with van der Waals surface area (Å²) in [7, 11) is 0. The zero-order valence-corrected chi connectivity index (χ0v) is 12.5. The van der Waals surface area contributed by atoms with E-state index in [0.717, 1.165) is 17.7 Å². The Morgan fingerprint density at radius 1 is 1.30 bits per heavy atom. The van der Waals surface area contributed by atoms with Gasteiger partial charge in [-0.05, 0) is 29.3 Å². The van der Waals surface area contributed by atoms with E-state index < -0.39 is 11.6 Å². The number of benzene rings is 1. The van der Waals surface area contributed by atoms with Crippen molar-refractivity contribution < 1.29 is 13.6 Å². The number of pyridine rings is 1. The minimum absolute atomic E-state index is 0.0496. The second-order valence-electron chi connectivity index (χ2n) is 5.52. The zero-order chi connectivity index (χ0) is 16.2. The highest BCUT2D eigenvalue weighted by atomic mass is 19.2. The maximum Gasteiger partial charge on any atom is 0.227 e. The Morgan fingerprint density at radius 2 is 2.17 bits per heavy atom. The number of piperazine rings is 1. The predicted molar refractivity (Wildman–Crippen MR) is 81.6 cm³/mol. The molecule has 1 fully saturated rings. The number of nitrogens with zero attached hydrogens (tertiary/aromatic N) is 2. The van der Waals surface area contributed by atoms with E-state index in [-0.39, 0.29) is 18.4 Å². The maximum atomic E-state index is 13.3. The third kappa shape index (κ3) is 3.53. The van der Waals surface area contributed by atoms with Gasteiger partial charge in [0.15, 0.2) is 11.6 Å². The zero-order valence-electron chi connectivity index (χ0n) is 12.5. The average molecular weight is 317 g/mol. The van der Waals surface area contributed by atoms with Crippen molar-refractivity contribution in [2.45, 2.75) is 12.5 Å². The van der Waals surface area contributed by atoms with Crippen LogP contribution in [0.1, 0.15) is 17.2 Å². The fourth-order valence-corrected chi connectivity index (χ4v) is 2.80. The van der Waals surface area contributed by atoms with Gasteiger partial charge in [0.05, 0.1) is 12.5 Å². The molecule has 4 nitrogen and oxygen atoms in total. The van der Waals surface area contributed by atoms with Crippen LogP contribution in [0.25, 0.3) is 0 Å². The number of carbonyl (C=O) groups excluding carboxylic acids is 1. The molecule has 0 spiro atoms. The van der Waals surface area contributed by atoms with Crippen LogP contribution in [0.3, 0.4) is 0 Å². The number of carbonyl (C=O) groups is 1. The lowest BCUT2D eigenvalue weighted by atomic mass is 10.0. The Kier molecular flexibility index (Phi) is 4.62. The summed E-state index contributed by atoms with van der Waals surface area (Å²) < 4.78 is 26.3. The second-order valence-corrected chi connectivity index (χ2v) is 5.52. The number of aromatic nitrogens is 1. The van der Waals surface area contributed by atoms with Crippen molar-refractivity contribution in [1.29, 1.82) is 0 Å². The molecule has 1 N–H and O–H groups in total. The molecule has 1 aromatic carbocycles. The van der Waals surface area contributed by atoms with Crippen LogP contribution < -0.4 is 5.32 Å². The maximum absolute atomic E-state index is 13.3. The fourth-order valence-electron chi connectivity index (χ4n) is 2.80. The van der Waals surface area contributed by atoms with Crippen LogP contribution in [0.2, 0.25) is 0 Å². The molecule has 1 aliphatic heterocycles. The number of nitrogens with one attached hydrogen (secondary N) is 1. The molecule has 0 saturated carbocycles. The predicted octanol–water partition coefficient (Wildman–Crippen LogP) is 2.08. The summed E-state index contributed by atoms with van der Waals surface area (Å²) in [4.78, 5) is 18.5. The van der Waals surface area contributed by atoms with Crippen LogP contribution in [-0.4, -0.2) is 35.4 Å². The van der Waals surface area contributed by atoms with Crippen molar-refractivity contribution in [3.63, 3.8) is 0 Å². The van der Waals surface area contributed by atoms with E-state index in [4.69, 9.17) is 0 Å². The molecule has 1 saturated heterocycles. The van der Waals surface area contributed by atoms with E-state index in [0.29, 0.717) is 25.2 Å². The van der Waals surface area contributed by atoms with Gasteiger partial charge in [-0.2, -0.15) is 0 Å². The molecular formula is C17H17F2N3O. The van der Waals surface area contributed by atoms with Gasteiger partial charge in [0.2, 0.25) is 5.91 Å². The number of hydrogen-bond acceptors (Lipinski definition) is 3. The van der Waals surface area contributed by atoms with E-state index in [1.165, 1.54) is 6.07 Å². The number of hydrogen-bond donors (Lipinski definition) is 1. The van der Waals surface area contributed by atoms with Gasteiger partial charge in [0.1, 0.15) is 0 Å². The third-order valence-corrected chi connectivity index (χ3v) is 3.97. The molecule has 0 aliphatic carbocycles. The van der Waals surface area contributed by atoms with Gasteiger partial charge in [-0.15, -0.1) is 0 Å². The summed E-state index contributed by atoms with van der Waals surface area (Å²) >= 11 is 0. The SMILES string of the molecule is O=C(Cc1ccc(F)c(F)c1)N1CCNCC1c1cccnc1.